The molecule has 1 atom stereocenters. The van der Waals surface area contributed by atoms with E-state index in [9.17, 15) is 18.4 Å². The lowest BCUT2D eigenvalue weighted by Crippen LogP contribution is -2.38. The summed E-state index contributed by atoms with van der Waals surface area (Å²) < 4.78 is 44.8. The van der Waals surface area contributed by atoms with E-state index < -0.39 is 30.3 Å². The number of cyclic esters (lactones) is 1. The monoisotopic (exact) mass is 478 g/mol. The molecule has 2 aliphatic heterocycles. The zero-order valence-electron chi connectivity index (χ0n) is 18.3. The molecule has 0 bridgehead atoms. The van der Waals surface area contributed by atoms with Gasteiger partial charge in [-0.2, -0.15) is 8.78 Å². The molecule has 34 heavy (non-hydrogen) atoms. The number of alkyl halides is 2. The van der Waals surface area contributed by atoms with E-state index in [0.29, 0.717) is 44.1 Å². The zero-order valence-corrected chi connectivity index (χ0v) is 18.3. The molecule has 182 valence electrons. The van der Waals surface area contributed by atoms with E-state index in [2.05, 4.69) is 15.4 Å². The van der Waals surface area contributed by atoms with Gasteiger partial charge in [-0.05, 0) is 29.8 Å². The van der Waals surface area contributed by atoms with E-state index in [0.717, 1.165) is 5.56 Å². The summed E-state index contributed by atoms with van der Waals surface area (Å²) in [6.45, 7) is 2.94. The molecule has 3 heterocycles. The van der Waals surface area contributed by atoms with Crippen LogP contribution in [-0.4, -0.2) is 73.8 Å². The Kier molecular flexibility index (Phi) is 7.48. The Morgan fingerprint density at radius 2 is 2.12 bits per heavy atom. The summed E-state index contributed by atoms with van der Waals surface area (Å²) in [5.41, 5.74) is 5.12. The number of aromatic nitrogens is 1. The standard InChI is InChI=1S/C22H25F3N6O3/c23-18-10-16(31-14-17(34-22(31)33)12-27-21(32)20(24)25)3-4-19(18)29-7-6-28-30(9-8-29)13-15-2-1-5-26-11-15/h1-5,10-11,17,20,28H,6-9,12-14H2,(H,27,32). The summed E-state index contributed by atoms with van der Waals surface area (Å²) in [6, 6.07) is 8.36. The highest BCUT2D eigenvalue weighted by molar-refractivity contribution is 5.90. The number of nitrogens with one attached hydrogen (secondary N) is 2. The molecule has 1 aromatic carbocycles. The summed E-state index contributed by atoms with van der Waals surface area (Å²) in [4.78, 5) is 30.5. The molecule has 4 rings (SSSR count). The van der Waals surface area contributed by atoms with Crippen LogP contribution in [0.3, 0.4) is 0 Å². The van der Waals surface area contributed by atoms with Gasteiger partial charge in [0.2, 0.25) is 0 Å². The molecule has 2 fully saturated rings. The molecular formula is C22H25F3N6O3. The fraction of sp³-hybridized carbons (Fsp3) is 0.409. The summed E-state index contributed by atoms with van der Waals surface area (Å²) in [5, 5.41) is 4.08. The van der Waals surface area contributed by atoms with E-state index in [-0.39, 0.29) is 13.1 Å². The Labute approximate surface area is 194 Å². The number of pyridine rings is 1. The molecule has 9 nitrogen and oxygen atoms in total. The van der Waals surface area contributed by atoms with E-state index >= 15 is 4.39 Å². The average molecular weight is 478 g/mol. The van der Waals surface area contributed by atoms with E-state index in [1.54, 1.807) is 18.3 Å². The van der Waals surface area contributed by atoms with Crippen molar-refractivity contribution in [1.29, 1.82) is 0 Å². The van der Waals surface area contributed by atoms with Crippen molar-refractivity contribution in [2.45, 2.75) is 19.1 Å². The number of carbonyl (C=O) groups excluding carboxylic acids is 2. The minimum absolute atomic E-state index is 0.0120. The highest BCUT2D eigenvalue weighted by Crippen LogP contribution is 2.28. The molecule has 0 saturated carbocycles. The molecule has 0 radical (unpaired) electrons. The van der Waals surface area contributed by atoms with Crippen LogP contribution in [0.2, 0.25) is 0 Å². The van der Waals surface area contributed by atoms with Crippen LogP contribution in [0, 0.1) is 5.82 Å². The normalized spacial score (nSPS) is 19.3. The number of ether oxygens (including phenoxy) is 1. The van der Waals surface area contributed by atoms with Crippen molar-refractivity contribution >= 4 is 23.4 Å². The second-order valence-corrected chi connectivity index (χ2v) is 7.98. The summed E-state index contributed by atoms with van der Waals surface area (Å²) >= 11 is 0. The Morgan fingerprint density at radius 3 is 2.85 bits per heavy atom. The maximum absolute atomic E-state index is 15.0. The molecule has 2 amide bonds. The molecular weight excluding hydrogens is 453 g/mol. The van der Waals surface area contributed by atoms with E-state index in [1.165, 1.54) is 11.0 Å². The summed E-state index contributed by atoms with van der Waals surface area (Å²) in [6.07, 6.45) is -1.15. The van der Waals surface area contributed by atoms with Gasteiger partial charge in [0.05, 0.1) is 24.5 Å². The van der Waals surface area contributed by atoms with Gasteiger partial charge in [0.25, 0.3) is 5.91 Å². The first kappa shape index (κ1) is 23.8. The highest BCUT2D eigenvalue weighted by Gasteiger charge is 2.33. The van der Waals surface area contributed by atoms with Gasteiger partial charge in [-0.15, -0.1) is 0 Å². The predicted octanol–water partition coefficient (Wildman–Crippen LogP) is 1.75. The maximum Gasteiger partial charge on any atom is 0.414 e. The fourth-order valence-electron chi connectivity index (χ4n) is 3.91. The van der Waals surface area contributed by atoms with Crippen LogP contribution in [0.1, 0.15) is 5.56 Å². The van der Waals surface area contributed by atoms with Gasteiger partial charge in [0.15, 0.2) is 0 Å². The van der Waals surface area contributed by atoms with Crippen LogP contribution in [0.4, 0.5) is 29.3 Å². The van der Waals surface area contributed by atoms with Crippen LogP contribution >= 0.6 is 0 Å². The molecule has 2 aromatic rings. The molecule has 1 unspecified atom stereocenters. The van der Waals surface area contributed by atoms with Crippen LogP contribution in [0.15, 0.2) is 42.7 Å². The second kappa shape index (κ2) is 10.7. The van der Waals surface area contributed by atoms with Crippen molar-refractivity contribution in [2.24, 2.45) is 0 Å². The number of nitrogens with zero attached hydrogens (tertiary/aromatic N) is 4. The zero-order chi connectivity index (χ0) is 24.1. The smallest absolute Gasteiger partial charge is 0.414 e. The highest BCUT2D eigenvalue weighted by atomic mass is 19.3. The van der Waals surface area contributed by atoms with Gasteiger partial charge in [-0.1, -0.05) is 6.07 Å². The predicted molar refractivity (Wildman–Crippen MR) is 118 cm³/mol. The number of carbonyl (C=O) groups is 2. The van der Waals surface area contributed by atoms with Crippen LogP contribution < -0.4 is 20.5 Å². The van der Waals surface area contributed by atoms with Gasteiger partial charge in [-0.25, -0.2) is 14.2 Å². The quantitative estimate of drug-likeness (QED) is 0.627. The van der Waals surface area contributed by atoms with Crippen LogP contribution in [-0.2, 0) is 16.1 Å². The van der Waals surface area contributed by atoms with Crippen molar-refractivity contribution in [3.8, 4) is 0 Å². The number of hydrazine groups is 1. The minimum atomic E-state index is -3.15. The number of halogens is 3. The van der Waals surface area contributed by atoms with E-state index in [4.69, 9.17) is 4.74 Å². The third-order valence-corrected chi connectivity index (χ3v) is 5.61. The number of hydrogen-bond acceptors (Lipinski definition) is 7. The van der Waals surface area contributed by atoms with Crippen molar-refractivity contribution in [3.63, 3.8) is 0 Å². The van der Waals surface area contributed by atoms with Crippen LogP contribution in [0.5, 0.6) is 0 Å². The molecule has 2 aliphatic rings. The fourth-order valence-corrected chi connectivity index (χ4v) is 3.91. The van der Waals surface area contributed by atoms with Crippen molar-refractivity contribution in [2.75, 3.05) is 49.1 Å². The molecule has 1 aromatic heterocycles. The van der Waals surface area contributed by atoms with Gasteiger partial charge < -0.3 is 15.0 Å². The number of rotatable bonds is 7. The summed E-state index contributed by atoms with van der Waals surface area (Å²) in [7, 11) is 0. The first-order chi connectivity index (χ1) is 16.4. The number of anilines is 2. The maximum atomic E-state index is 15.0. The largest absolute Gasteiger partial charge is 0.442 e. The first-order valence-corrected chi connectivity index (χ1v) is 10.9. The van der Waals surface area contributed by atoms with Gasteiger partial charge in [0, 0.05) is 45.1 Å². The molecule has 0 aliphatic carbocycles. The molecule has 2 saturated heterocycles. The molecule has 2 N–H and O–H groups in total. The van der Waals surface area contributed by atoms with Crippen molar-refractivity contribution < 1.29 is 27.5 Å². The number of hydrogen-bond donors (Lipinski definition) is 2. The Hall–Kier alpha value is -3.38. The second-order valence-electron chi connectivity index (χ2n) is 7.98. The Bertz CT molecular complexity index is 1010. The Morgan fingerprint density at radius 1 is 1.26 bits per heavy atom. The topological polar surface area (TPSA) is 90.0 Å². The third kappa shape index (κ3) is 5.75. The molecule has 0 spiro atoms. The number of benzene rings is 1. The first-order valence-electron chi connectivity index (χ1n) is 10.9. The SMILES string of the molecule is O=C(NCC1CN(c2ccc(N3CCNN(Cc4cccnc4)CC3)c(F)c2)C(=O)O1)C(F)F. The third-order valence-electron chi connectivity index (χ3n) is 5.61. The summed E-state index contributed by atoms with van der Waals surface area (Å²) in [5.74, 6) is -1.92. The average Bonchev–Trinajstić information content (AvgIpc) is 3.04. The lowest BCUT2D eigenvalue weighted by molar-refractivity contribution is -0.132. The van der Waals surface area contributed by atoms with Gasteiger partial charge in [-0.3, -0.25) is 20.1 Å². The number of amides is 2. The minimum Gasteiger partial charge on any atom is -0.442 e. The van der Waals surface area contributed by atoms with Gasteiger partial charge >= 0.3 is 12.5 Å². The lowest BCUT2D eigenvalue weighted by atomic mass is 10.2. The van der Waals surface area contributed by atoms with Crippen molar-refractivity contribution in [3.05, 3.63) is 54.1 Å². The molecule has 12 heteroatoms. The van der Waals surface area contributed by atoms with Crippen molar-refractivity contribution in [1.82, 2.24) is 20.7 Å². The lowest BCUT2D eigenvalue weighted by Gasteiger charge is -2.24. The van der Waals surface area contributed by atoms with E-state index in [1.807, 2.05) is 28.5 Å². The van der Waals surface area contributed by atoms with Crippen LogP contribution in [0.25, 0.3) is 0 Å². The van der Waals surface area contributed by atoms with Gasteiger partial charge in [0.1, 0.15) is 11.9 Å². The Balaban J connectivity index is 1.35.